The number of carbonyl (C=O) groups is 1. The number of amides is 2. The van der Waals surface area contributed by atoms with E-state index in [0.29, 0.717) is 19.0 Å². The van der Waals surface area contributed by atoms with Gasteiger partial charge in [-0.2, -0.15) is 0 Å². The van der Waals surface area contributed by atoms with Gasteiger partial charge < -0.3 is 15.3 Å². The number of aliphatic hydroxyl groups is 1. The molecule has 1 aromatic heterocycles. The van der Waals surface area contributed by atoms with Crippen molar-refractivity contribution in [2.24, 2.45) is 5.92 Å². The van der Waals surface area contributed by atoms with Crippen molar-refractivity contribution >= 4 is 17.4 Å². The molecule has 2 N–H and O–H groups in total. The van der Waals surface area contributed by atoms with E-state index >= 15 is 0 Å². The maximum Gasteiger partial charge on any atom is 0.318 e. The van der Waals surface area contributed by atoms with Crippen molar-refractivity contribution < 1.29 is 9.90 Å². The van der Waals surface area contributed by atoms with Gasteiger partial charge in [0.25, 0.3) is 0 Å². The van der Waals surface area contributed by atoms with Crippen molar-refractivity contribution in [3.63, 3.8) is 0 Å². The summed E-state index contributed by atoms with van der Waals surface area (Å²) in [5.74, 6) is 0.553. The molecule has 1 aromatic rings. The van der Waals surface area contributed by atoms with Gasteiger partial charge in [-0.15, -0.1) is 11.3 Å². The van der Waals surface area contributed by atoms with E-state index in [1.54, 1.807) is 16.2 Å². The zero-order chi connectivity index (χ0) is 13.9. The molecule has 0 spiro atoms. The minimum atomic E-state index is -0.337. The molecule has 1 atom stereocenters. The van der Waals surface area contributed by atoms with Crippen LogP contribution in [0.25, 0.3) is 0 Å². The van der Waals surface area contributed by atoms with Gasteiger partial charge >= 0.3 is 6.03 Å². The number of carbonyl (C=O) groups excluding carboxylic acids is 1. The molecule has 2 aliphatic rings. The van der Waals surface area contributed by atoms with Crippen molar-refractivity contribution in [3.05, 3.63) is 22.4 Å². The average Bonchev–Trinajstić information content (AvgIpc) is 2.96. The zero-order valence-corrected chi connectivity index (χ0v) is 12.4. The number of likely N-dealkylation sites (tertiary alicyclic amines) is 1. The van der Waals surface area contributed by atoms with Gasteiger partial charge in [0.05, 0.1) is 25.2 Å². The second-order valence-corrected chi connectivity index (χ2v) is 6.88. The number of β-amino-alcohol motifs (C(OH)–C–C–N with tert-alkyl or cyclic N) is 1. The highest BCUT2D eigenvalue weighted by molar-refractivity contribution is 7.10. The lowest BCUT2D eigenvalue weighted by Crippen LogP contribution is -2.57. The van der Waals surface area contributed by atoms with Crippen LogP contribution >= 0.6 is 11.3 Å². The van der Waals surface area contributed by atoms with Crippen molar-refractivity contribution in [1.82, 2.24) is 10.2 Å². The molecule has 4 nitrogen and oxygen atoms in total. The third kappa shape index (κ3) is 2.99. The molecule has 2 fully saturated rings. The molecule has 1 aliphatic carbocycles. The summed E-state index contributed by atoms with van der Waals surface area (Å²) in [5, 5.41) is 14.6. The zero-order valence-electron chi connectivity index (χ0n) is 11.6. The maximum atomic E-state index is 12.2. The van der Waals surface area contributed by atoms with Gasteiger partial charge in [-0.05, 0) is 30.2 Å². The van der Waals surface area contributed by atoms with Crippen molar-refractivity contribution in [2.75, 3.05) is 13.1 Å². The van der Waals surface area contributed by atoms with Gasteiger partial charge in [0.2, 0.25) is 0 Å². The summed E-state index contributed by atoms with van der Waals surface area (Å²) >= 11 is 1.72. The van der Waals surface area contributed by atoms with Gasteiger partial charge in [0.15, 0.2) is 0 Å². The smallest absolute Gasteiger partial charge is 0.318 e. The number of thiophene rings is 1. The Bertz CT molecular complexity index is 437. The molecule has 0 bridgehead atoms. The summed E-state index contributed by atoms with van der Waals surface area (Å²) in [4.78, 5) is 15.2. The first-order valence-corrected chi connectivity index (χ1v) is 8.39. The third-order valence-electron chi connectivity index (χ3n) is 4.40. The van der Waals surface area contributed by atoms with Crippen LogP contribution in [0, 0.1) is 5.92 Å². The maximum absolute atomic E-state index is 12.2. The number of rotatable bonds is 3. The molecule has 1 saturated heterocycles. The van der Waals surface area contributed by atoms with Crippen LogP contribution in [0.4, 0.5) is 4.79 Å². The van der Waals surface area contributed by atoms with Crippen LogP contribution in [0.15, 0.2) is 17.5 Å². The normalized spacial score (nSPS) is 22.4. The Labute approximate surface area is 123 Å². The summed E-state index contributed by atoms with van der Waals surface area (Å²) in [5.41, 5.74) is 0. The molecule has 2 amide bonds. The van der Waals surface area contributed by atoms with Crippen molar-refractivity contribution in [3.8, 4) is 0 Å². The van der Waals surface area contributed by atoms with Crippen LogP contribution in [0.3, 0.4) is 0 Å². The summed E-state index contributed by atoms with van der Waals surface area (Å²) in [6, 6.07) is 4.28. The Balaban J connectivity index is 1.67. The first kappa shape index (κ1) is 13.9. The lowest BCUT2D eigenvalue weighted by molar-refractivity contribution is 0.0248. The van der Waals surface area contributed by atoms with E-state index in [9.17, 15) is 9.90 Å². The summed E-state index contributed by atoms with van der Waals surface area (Å²) in [6.07, 6.45) is 5.92. The Morgan fingerprint density at radius 2 is 2.10 bits per heavy atom. The Hall–Kier alpha value is -1.07. The number of hydrogen-bond donors (Lipinski definition) is 2. The molecule has 3 rings (SSSR count). The SMILES string of the molecule is O=C(N[C@@H](c1cccs1)C1CCCCC1)N1CC(O)C1. The quantitative estimate of drug-likeness (QED) is 0.900. The Kier molecular flexibility index (Phi) is 4.27. The fraction of sp³-hybridized carbons (Fsp3) is 0.667. The predicted molar refractivity (Wildman–Crippen MR) is 79.7 cm³/mol. The molecule has 2 heterocycles. The number of urea groups is 1. The highest BCUT2D eigenvalue weighted by Crippen LogP contribution is 2.36. The predicted octanol–water partition coefficient (Wildman–Crippen LogP) is 2.76. The Morgan fingerprint density at radius 1 is 1.35 bits per heavy atom. The fourth-order valence-electron chi connectivity index (χ4n) is 3.20. The molecule has 1 saturated carbocycles. The minimum absolute atomic E-state index is 0.0285. The standard InChI is InChI=1S/C15H22N2O2S/c18-12-9-17(10-12)15(19)16-14(13-7-4-8-20-13)11-5-2-1-3-6-11/h4,7-8,11-12,14,18H,1-3,5-6,9-10H2,(H,16,19)/t14-/m1/s1. The number of nitrogens with zero attached hydrogens (tertiary/aromatic N) is 1. The molecule has 0 radical (unpaired) electrons. The van der Waals surface area contributed by atoms with Crippen LogP contribution in [-0.4, -0.2) is 35.2 Å². The molecule has 110 valence electrons. The summed E-state index contributed by atoms with van der Waals surface area (Å²) in [7, 11) is 0. The highest BCUT2D eigenvalue weighted by Gasteiger charge is 2.33. The first-order valence-electron chi connectivity index (χ1n) is 7.51. The fourth-order valence-corrected chi connectivity index (χ4v) is 4.07. The Morgan fingerprint density at radius 3 is 2.70 bits per heavy atom. The molecule has 20 heavy (non-hydrogen) atoms. The number of nitrogens with one attached hydrogen (secondary N) is 1. The molecule has 0 unspecified atom stereocenters. The van der Waals surface area contributed by atoms with Crippen LogP contribution < -0.4 is 5.32 Å². The van der Waals surface area contributed by atoms with Gasteiger partial charge in [-0.1, -0.05) is 25.3 Å². The van der Waals surface area contributed by atoms with Crippen LogP contribution in [0.5, 0.6) is 0 Å². The van der Waals surface area contributed by atoms with E-state index in [0.717, 1.165) is 0 Å². The molecule has 5 heteroatoms. The molecular formula is C15H22N2O2S. The van der Waals surface area contributed by atoms with E-state index in [-0.39, 0.29) is 18.2 Å². The van der Waals surface area contributed by atoms with Crippen molar-refractivity contribution in [2.45, 2.75) is 44.2 Å². The van der Waals surface area contributed by atoms with E-state index < -0.39 is 0 Å². The second-order valence-electron chi connectivity index (χ2n) is 5.90. The van der Waals surface area contributed by atoms with Gasteiger partial charge in [-0.25, -0.2) is 4.79 Å². The molecular weight excluding hydrogens is 272 g/mol. The lowest BCUT2D eigenvalue weighted by atomic mass is 9.83. The van der Waals surface area contributed by atoms with Gasteiger partial charge in [-0.3, -0.25) is 0 Å². The van der Waals surface area contributed by atoms with E-state index in [2.05, 4.69) is 22.8 Å². The van der Waals surface area contributed by atoms with E-state index in [1.807, 2.05) is 0 Å². The van der Waals surface area contributed by atoms with Crippen LogP contribution in [0.1, 0.15) is 43.0 Å². The van der Waals surface area contributed by atoms with E-state index in [4.69, 9.17) is 0 Å². The third-order valence-corrected chi connectivity index (χ3v) is 5.35. The minimum Gasteiger partial charge on any atom is -0.389 e. The highest BCUT2D eigenvalue weighted by atomic mass is 32.1. The van der Waals surface area contributed by atoms with Gasteiger partial charge in [0, 0.05) is 4.88 Å². The number of aliphatic hydroxyl groups excluding tert-OH is 1. The van der Waals surface area contributed by atoms with Crippen LogP contribution in [-0.2, 0) is 0 Å². The van der Waals surface area contributed by atoms with Gasteiger partial charge in [0.1, 0.15) is 0 Å². The van der Waals surface area contributed by atoms with Crippen molar-refractivity contribution in [1.29, 1.82) is 0 Å². The van der Waals surface area contributed by atoms with Crippen LogP contribution in [0.2, 0.25) is 0 Å². The summed E-state index contributed by atoms with van der Waals surface area (Å²) < 4.78 is 0. The second kappa shape index (κ2) is 6.14. The number of hydrogen-bond acceptors (Lipinski definition) is 3. The topological polar surface area (TPSA) is 52.6 Å². The lowest BCUT2D eigenvalue weighted by Gasteiger charge is -2.38. The average molecular weight is 294 g/mol. The monoisotopic (exact) mass is 294 g/mol. The molecule has 1 aliphatic heterocycles. The molecule has 0 aromatic carbocycles. The van der Waals surface area contributed by atoms with E-state index in [1.165, 1.54) is 37.0 Å². The summed E-state index contributed by atoms with van der Waals surface area (Å²) in [6.45, 7) is 0.932. The largest absolute Gasteiger partial charge is 0.389 e. The first-order chi connectivity index (χ1) is 9.74.